The van der Waals surface area contributed by atoms with Crippen molar-refractivity contribution < 1.29 is 9.84 Å². The molecule has 2 heterocycles. The van der Waals surface area contributed by atoms with Crippen molar-refractivity contribution in [3.8, 4) is 0 Å². The van der Waals surface area contributed by atoms with Gasteiger partial charge in [0.2, 0.25) is 0 Å². The van der Waals surface area contributed by atoms with Crippen molar-refractivity contribution in [3.63, 3.8) is 0 Å². The first-order valence-electron chi connectivity index (χ1n) is 4.72. The molecule has 4 heteroatoms. The maximum Gasteiger partial charge on any atom is 0.0740 e. The van der Waals surface area contributed by atoms with Crippen LogP contribution in [0.5, 0.6) is 0 Å². The largest absolute Gasteiger partial charge is 0.389 e. The Morgan fingerprint density at radius 3 is 2.79 bits per heavy atom. The molecule has 1 saturated heterocycles. The summed E-state index contributed by atoms with van der Waals surface area (Å²) in [6, 6.07) is 2.03. The number of ether oxygens (including phenoxy) is 1. The topological polar surface area (TPSA) is 29.5 Å². The van der Waals surface area contributed by atoms with Gasteiger partial charge >= 0.3 is 0 Å². The smallest absolute Gasteiger partial charge is 0.0740 e. The second kappa shape index (κ2) is 4.31. The van der Waals surface area contributed by atoms with E-state index in [1.54, 1.807) is 11.3 Å². The summed E-state index contributed by atoms with van der Waals surface area (Å²) in [6.45, 7) is 1.36. The van der Waals surface area contributed by atoms with Crippen molar-refractivity contribution >= 4 is 27.3 Å². The Morgan fingerprint density at radius 2 is 2.21 bits per heavy atom. The summed E-state index contributed by atoms with van der Waals surface area (Å²) in [5.74, 6) is 0. The van der Waals surface area contributed by atoms with E-state index in [1.165, 1.54) is 4.88 Å². The quantitative estimate of drug-likeness (QED) is 0.900. The van der Waals surface area contributed by atoms with Crippen LogP contribution in [0.4, 0.5) is 0 Å². The van der Waals surface area contributed by atoms with Crippen LogP contribution in [0, 0.1) is 0 Å². The minimum Gasteiger partial charge on any atom is -0.389 e. The van der Waals surface area contributed by atoms with E-state index in [9.17, 15) is 5.11 Å². The molecule has 1 aliphatic heterocycles. The van der Waals surface area contributed by atoms with Gasteiger partial charge in [-0.3, -0.25) is 0 Å². The molecule has 0 radical (unpaired) electrons. The van der Waals surface area contributed by atoms with Crippen molar-refractivity contribution in [1.29, 1.82) is 0 Å². The van der Waals surface area contributed by atoms with Gasteiger partial charge in [-0.05, 0) is 40.2 Å². The van der Waals surface area contributed by atoms with Gasteiger partial charge in [0.15, 0.2) is 0 Å². The van der Waals surface area contributed by atoms with E-state index in [2.05, 4.69) is 15.9 Å². The molecule has 2 rings (SSSR count). The van der Waals surface area contributed by atoms with Crippen LogP contribution in [0.2, 0.25) is 0 Å². The van der Waals surface area contributed by atoms with Gasteiger partial charge in [-0.15, -0.1) is 11.3 Å². The van der Waals surface area contributed by atoms with E-state index < -0.39 is 5.60 Å². The predicted molar refractivity (Wildman–Crippen MR) is 60.7 cm³/mol. The fourth-order valence-corrected chi connectivity index (χ4v) is 3.31. The molecule has 1 aromatic heterocycles. The van der Waals surface area contributed by atoms with Gasteiger partial charge in [-0.2, -0.15) is 0 Å². The Hall–Kier alpha value is 0.1000. The van der Waals surface area contributed by atoms with Crippen molar-refractivity contribution in [2.45, 2.75) is 24.9 Å². The molecule has 0 saturated carbocycles. The van der Waals surface area contributed by atoms with Crippen molar-refractivity contribution in [2.75, 3.05) is 13.2 Å². The second-order valence-corrected chi connectivity index (χ2v) is 5.56. The second-order valence-electron chi connectivity index (χ2n) is 3.71. The van der Waals surface area contributed by atoms with E-state index in [1.807, 2.05) is 11.4 Å². The first-order chi connectivity index (χ1) is 6.70. The molecule has 1 fully saturated rings. The third-order valence-corrected chi connectivity index (χ3v) is 4.53. The van der Waals surface area contributed by atoms with Crippen LogP contribution in [-0.4, -0.2) is 23.9 Å². The van der Waals surface area contributed by atoms with E-state index in [-0.39, 0.29) is 0 Å². The average Bonchev–Trinajstić information content (AvgIpc) is 2.52. The summed E-state index contributed by atoms with van der Waals surface area (Å²) in [4.78, 5) is 1.23. The lowest BCUT2D eigenvalue weighted by molar-refractivity contribution is -0.0622. The zero-order valence-electron chi connectivity index (χ0n) is 7.83. The Bertz CT molecular complexity index is 305. The summed E-state index contributed by atoms with van der Waals surface area (Å²) >= 11 is 5.18. The molecular weight excluding hydrogens is 264 g/mol. The fraction of sp³-hybridized carbons (Fsp3) is 0.600. The molecule has 78 valence electrons. The van der Waals surface area contributed by atoms with Crippen LogP contribution in [0.15, 0.2) is 15.9 Å². The van der Waals surface area contributed by atoms with Crippen LogP contribution in [0.1, 0.15) is 17.7 Å². The summed E-state index contributed by atoms with van der Waals surface area (Å²) in [7, 11) is 0. The van der Waals surface area contributed by atoms with E-state index in [4.69, 9.17) is 4.74 Å². The summed E-state index contributed by atoms with van der Waals surface area (Å²) in [5.41, 5.74) is -0.550. The molecule has 0 spiro atoms. The molecule has 0 aliphatic carbocycles. The van der Waals surface area contributed by atoms with Crippen LogP contribution >= 0.6 is 27.3 Å². The van der Waals surface area contributed by atoms with Gasteiger partial charge in [0.25, 0.3) is 0 Å². The Balaban J connectivity index is 2.05. The number of hydrogen-bond acceptors (Lipinski definition) is 3. The van der Waals surface area contributed by atoms with Crippen molar-refractivity contribution in [3.05, 3.63) is 20.8 Å². The molecule has 0 atom stereocenters. The van der Waals surface area contributed by atoms with Crippen molar-refractivity contribution in [1.82, 2.24) is 0 Å². The standard InChI is InChI=1S/C10H13BrO2S/c11-8-1-6-14-9(8)7-10(12)2-4-13-5-3-10/h1,6,12H,2-5,7H2. The fourth-order valence-electron chi connectivity index (χ4n) is 1.68. The third kappa shape index (κ3) is 2.37. The van der Waals surface area contributed by atoms with Gasteiger partial charge < -0.3 is 9.84 Å². The average molecular weight is 277 g/mol. The van der Waals surface area contributed by atoms with E-state index in [0.29, 0.717) is 13.2 Å². The van der Waals surface area contributed by atoms with Gasteiger partial charge in [-0.25, -0.2) is 0 Å². The van der Waals surface area contributed by atoms with E-state index in [0.717, 1.165) is 23.7 Å². The first kappa shape index (κ1) is 10.6. The van der Waals surface area contributed by atoms with Crippen LogP contribution in [-0.2, 0) is 11.2 Å². The van der Waals surface area contributed by atoms with Gasteiger partial charge in [0.05, 0.1) is 5.60 Å². The van der Waals surface area contributed by atoms with E-state index >= 15 is 0 Å². The Kier molecular flexibility index (Phi) is 3.27. The van der Waals surface area contributed by atoms with Crippen LogP contribution < -0.4 is 0 Å². The summed E-state index contributed by atoms with van der Waals surface area (Å²) in [5, 5.41) is 12.3. The molecule has 0 unspecified atom stereocenters. The number of hydrogen-bond donors (Lipinski definition) is 1. The number of halogens is 1. The lowest BCUT2D eigenvalue weighted by Crippen LogP contribution is -2.37. The maximum atomic E-state index is 10.3. The SMILES string of the molecule is OC1(Cc2sccc2Br)CCOCC1. The zero-order chi connectivity index (χ0) is 10.0. The highest BCUT2D eigenvalue weighted by molar-refractivity contribution is 9.10. The monoisotopic (exact) mass is 276 g/mol. The van der Waals surface area contributed by atoms with Crippen LogP contribution in [0.3, 0.4) is 0 Å². The van der Waals surface area contributed by atoms with Crippen LogP contribution in [0.25, 0.3) is 0 Å². The molecule has 1 aromatic rings. The molecule has 0 bridgehead atoms. The lowest BCUT2D eigenvalue weighted by Gasteiger charge is -2.31. The normalized spacial score (nSPS) is 21.0. The minimum absolute atomic E-state index is 0.550. The highest BCUT2D eigenvalue weighted by Crippen LogP contribution is 2.31. The minimum atomic E-state index is -0.550. The maximum absolute atomic E-state index is 10.3. The lowest BCUT2D eigenvalue weighted by atomic mass is 9.90. The Labute approximate surface area is 96.0 Å². The third-order valence-electron chi connectivity index (χ3n) is 2.60. The Morgan fingerprint density at radius 1 is 1.50 bits per heavy atom. The molecule has 2 nitrogen and oxygen atoms in total. The molecule has 0 amide bonds. The molecule has 14 heavy (non-hydrogen) atoms. The number of aliphatic hydroxyl groups is 1. The number of rotatable bonds is 2. The zero-order valence-corrected chi connectivity index (χ0v) is 10.2. The van der Waals surface area contributed by atoms with Gasteiger partial charge in [0.1, 0.15) is 0 Å². The van der Waals surface area contributed by atoms with Gasteiger partial charge in [0, 0.05) is 29.0 Å². The molecule has 1 N–H and O–H groups in total. The van der Waals surface area contributed by atoms with Crippen molar-refractivity contribution in [2.24, 2.45) is 0 Å². The molecule has 1 aliphatic rings. The number of thiophene rings is 1. The first-order valence-corrected chi connectivity index (χ1v) is 6.39. The summed E-state index contributed by atoms with van der Waals surface area (Å²) < 4.78 is 6.36. The van der Waals surface area contributed by atoms with Gasteiger partial charge in [-0.1, -0.05) is 0 Å². The molecular formula is C10H13BrO2S. The summed E-state index contributed by atoms with van der Waals surface area (Å²) in [6.07, 6.45) is 2.24. The molecule has 0 aromatic carbocycles. The highest BCUT2D eigenvalue weighted by Gasteiger charge is 2.30. The predicted octanol–water partition coefficient (Wildman–Crippen LogP) is 2.59. The highest BCUT2D eigenvalue weighted by atomic mass is 79.9.